The van der Waals surface area contributed by atoms with E-state index in [2.05, 4.69) is 0 Å². The topological polar surface area (TPSA) is 99.2 Å². The van der Waals surface area contributed by atoms with Gasteiger partial charge in [-0.3, -0.25) is 9.59 Å². The van der Waals surface area contributed by atoms with Crippen molar-refractivity contribution >= 4 is 15.7 Å². The summed E-state index contributed by atoms with van der Waals surface area (Å²) >= 11 is 0. The Morgan fingerprint density at radius 2 is 1.81 bits per heavy atom. The van der Waals surface area contributed by atoms with Gasteiger partial charge >= 0.3 is 6.18 Å². The van der Waals surface area contributed by atoms with E-state index in [0.29, 0.717) is 0 Å². The molecule has 6 nitrogen and oxygen atoms in total. The minimum absolute atomic E-state index is 0.0810. The molecule has 0 saturated carbocycles. The number of pyridine rings is 1. The second kappa shape index (κ2) is 7.55. The van der Waals surface area contributed by atoms with Gasteiger partial charge in [0, 0.05) is 25.1 Å². The number of alkyl halides is 3. The number of aryl methyl sites for hydroxylation is 1. The first kappa shape index (κ1) is 20.7. The fourth-order valence-electron chi connectivity index (χ4n) is 2.57. The van der Waals surface area contributed by atoms with Crippen molar-refractivity contribution in [2.24, 2.45) is 5.73 Å². The molecule has 0 aliphatic carbocycles. The van der Waals surface area contributed by atoms with E-state index in [-0.39, 0.29) is 24.1 Å². The molecule has 27 heavy (non-hydrogen) atoms. The molecule has 0 aliphatic heterocycles. The molecule has 0 fully saturated rings. The lowest BCUT2D eigenvalue weighted by molar-refractivity contribution is -0.137. The predicted molar refractivity (Wildman–Crippen MR) is 93.6 cm³/mol. The van der Waals surface area contributed by atoms with Gasteiger partial charge in [-0.15, -0.1) is 0 Å². The van der Waals surface area contributed by atoms with Gasteiger partial charge in [0.25, 0.3) is 5.56 Å². The monoisotopic (exact) mass is 402 g/mol. The van der Waals surface area contributed by atoms with Crippen LogP contribution in [0.25, 0.3) is 11.1 Å². The van der Waals surface area contributed by atoms with Gasteiger partial charge in [-0.05, 0) is 35.7 Å². The smallest absolute Gasteiger partial charge is 0.369 e. The zero-order valence-electron chi connectivity index (χ0n) is 14.2. The summed E-state index contributed by atoms with van der Waals surface area (Å²) in [6.07, 6.45) is -2.47. The maximum Gasteiger partial charge on any atom is 0.416 e. The molecule has 0 spiro atoms. The molecule has 1 aromatic carbocycles. The highest BCUT2D eigenvalue weighted by Crippen LogP contribution is 2.31. The molecular weight excluding hydrogens is 385 g/mol. The quantitative estimate of drug-likeness (QED) is 0.797. The summed E-state index contributed by atoms with van der Waals surface area (Å²) in [6.45, 7) is -0.0810. The van der Waals surface area contributed by atoms with E-state index in [1.165, 1.54) is 24.4 Å². The van der Waals surface area contributed by atoms with Crippen molar-refractivity contribution in [3.8, 4) is 11.1 Å². The molecule has 1 aromatic heterocycles. The molecule has 0 saturated heterocycles. The number of rotatable bonds is 6. The Morgan fingerprint density at radius 1 is 1.19 bits per heavy atom. The Kier molecular flexibility index (Phi) is 5.79. The first-order chi connectivity index (χ1) is 12.4. The number of aromatic nitrogens is 1. The number of nitrogens with zero attached hydrogens (tertiary/aromatic N) is 1. The molecule has 2 N–H and O–H groups in total. The van der Waals surface area contributed by atoms with E-state index in [1.54, 1.807) is 0 Å². The third-order valence-electron chi connectivity index (χ3n) is 3.99. The summed E-state index contributed by atoms with van der Waals surface area (Å²) in [5.41, 5.74) is 4.22. The van der Waals surface area contributed by atoms with E-state index in [4.69, 9.17) is 5.73 Å². The van der Waals surface area contributed by atoms with Crippen LogP contribution in [0.15, 0.2) is 47.4 Å². The van der Waals surface area contributed by atoms with Gasteiger partial charge in [0.05, 0.1) is 5.56 Å². The van der Waals surface area contributed by atoms with Crippen LogP contribution in [0.1, 0.15) is 12.0 Å². The van der Waals surface area contributed by atoms with Gasteiger partial charge in [0.1, 0.15) is 5.25 Å². The number of carbonyl (C=O) groups excluding carboxylic acids is 1. The number of carbonyl (C=O) groups is 1. The minimum atomic E-state index is -4.50. The van der Waals surface area contributed by atoms with Gasteiger partial charge in [0.15, 0.2) is 9.84 Å². The Balaban J connectivity index is 2.26. The van der Waals surface area contributed by atoms with Crippen LogP contribution in [0.3, 0.4) is 0 Å². The molecule has 146 valence electrons. The van der Waals surface area contributed by atoms with Crippen molar-refractivity contribution < 1.29 is 26.4 Å². The summed E-state index contributed by atoms with van der Waals surface area (Å²) in [6, 6.07) is 7.14. The molecule has 1 heterocycles. The van der Waals surface area contributed by atoms with Crippen molar-refractivity contribution in [1.82, 2.24) is 4.57 Å². The first-order valence-corrected chi connectivity index (χ1v) is 9.71. The third-order valence-corrected chi connectivity index (χ3v) is 5.49. The lowest BCUT2D eigenvalue weighted by atomic mass is 10.0. The molecule has 0 radical (unpaired) electrons. The van der Waals surface area contributed by atoms with Crippen molar-refractivity contribution in [2.45, 2.75) is 24.4 Å². The second-order valence-corrected chi connectivity index (χ2v) is 8.26. The average Bonchev–Trinajstić information content (AvgIpc) is 2.54. The third kappa shape index (κ3) is 5.19. The molecule has 0 bridgehead atoms. The number of amides is 1. The molecule has 2 rings (SSSR count). The number of nitrogens with two attached hydrogens (primary N) is 1. The fraction of sp³-hybridized carbons (Fsp3) is 0.294. The van der Waals surface area contributed by atoms with Gasteiger partial charge in [0.2, 0.25) is 5.91 Å². The largest absolute Gasteiger partial charge is 0.416 e. The number of hydrogen-bond acceptors (Lipinski definition) is 4. The highest BCUT2D eigenvalue weighted by Gasteiger charge is 2.30. The lowest BCUT2D eigenvalue weighted by Gasteiger charge is -2.13. The Morgan fingerprint density at radius 3 is 2.33 bits per heavy atom. The molecule has 1 atom stereocenters. The van der Waals surface area contributed by atoms with Gasteiger partial charge in [-0.25, -0.2) is 8.42 Å². The molecule has 10 heteroatoms. The molecule has 2 aromatic rings. The van der Waals surface area contributed by atoms with Crippen LogP contribution in [0.2, 0.25) is 0 Å². The molecule has 0 aliphatic rings. The highest BCUT2D eigenvalue weighted by molar-refractivity contribution is 7.92. The van der Waals surface area contributed by atoms with Crippen LogP contribution in [-0.4, -0.2) is 30.4 Å². The Labute approximate surface area is 153 Å². The minimum Gasteiger partial charge on any atom is -0.369 e. The fourth-order valence-corrected chi connectivity index (χ4v) is 3.53. The van der Waals surface area contributed by atoms with E-state index in [0.717, 1.165) is 29.0 Å². The van der Waals surface area contributed by atoms with Crippen LogP contribution in [0.4, 0.5) is 13.2 Å². The van der Waals surface area contributed by atoms with Gasteiger partial charge in [-0.2, -0.15) is 13.2 Å². The SMILES string of the molecule is CS(=O)(=O)C(CCn1ccc(-c2cccc(C(F)(F)F)c2)cc1=O)C(N)=O. The molecule has 1 unspecified atom stereocenters. The van der Waals surface area contributed by atoms with Gasteiger partial charge < -0.3 is 10.3 Å². The predicted octanol–water partition coefficient (Wildman–Crippen LogP) is 1.82. The number of primary amides is 1. The summed E-state index contributed by atoms with van der Waals surface area (Å²) in [7, 11) is -3.71. The van der Waals surface area contributed by atoms with Crippen molar-refractivity contribution in [3.63, 3.8) is 0 Å². The number of sulfone groups is 1. The van der Waals surface area contributed by atoms with E-state index < -0.39 is 38.3 Å². The van der Waals surface area contributed by atoms with Crippen LogP contribution >= 0.6 is 0 Å². The maximum atomic E-state index is 12.8. The van der Waals surface area contributed by atoms with E-state index in [9.17, 15) is 31.2 Å². The molecule has 1 amide bonds. The normalized spacial score (nSPS) is 13.3. The van der Waals surface area contributed by atoms with Crippen LogP contribution in [0.5, 0.6) is 0 Å². The summed E-state index contributed by atoms with van der Waals surface area (Å²) < 4.78 is 62.7. The van der Waals surface area contributed by atoms with Crippen LogP contribution in [-0.2, 0) is 27.4 Å². The summed E-state index contributed by atoms with van der Waals surface area (Å²) in [5, 5.41) is -1.42. The standard InChI is InChI=1S/C17H17F3N2O4S/c1-27(25,26)14(16(21)24)6-8-22-7-5-12(10-15(22)23)11-3-2-4-13(9-11)17(18,19)20/h2-5,7,9-10,14H,6,8H2,1H3,(H2,21,24). The summed E-state index contributed by atoms with van der Waals surface area (Å²) in [5.74, 6) is -1.01. The lowest BCUT2D eigenvalue weighted by Crippen LogP contribution is -2.36. The number of hydrogen-bond donors (Lipinski definition) is 1. The van der Waals surface area contributed by atoms with E-state index in [1.807, 2.05) is 0 Å². The van der Waals surface area contributed by atoms with Crippen molar-refractivity contribution in [3.05, 3.63) is 58.5 Å². The first-order valence-electron chi connectivity index (χ1n) is 7.76. The van der Waals surface area contributed by atoms with E-state index >= 15 is 0 Å². The molecular formula is C17H17F3N2O4S. The Bertz CT molecular complexity index is 1010. The maximum absolute atomic E-state index is 12.8. The summed E-state index contributed by atoms with van der Waals surface area (Å²) in [4.78, 5) is 23.5. The zero-order chi connectivity index (χ0) is 20.4. The zero-order valence-corrected chi connectivity index (χ0v) is 15.0. The second-order valence-electron chi connectivity index (χ2n) is 6.03. The number of benzene rings is 1. The Hall–Kier alpha value is -2.62. The highest BCUT2D eigenvalue weighted by atomic mass is 32.2. The van der Waals surface area contributed by atoms with Crippen molar-refractivity contribution in [2.75, 3.05) is 6.26 Å². The number of halogens is 3. The van der Waals surface area contributed by atoms with Crippen molar-refractivity contribution in [1.29, 1.82) is 0 Å². The van der Waals surface area contributed by atoms with Gasteiger partial charge in [-0.1, -0.05) is 12.1 Å². The van der Waals surface area contributed by atoms with Crippen LogP contribution < -0.4 is 11.3 Å². The van der Waals surface area contributed by atoms with Crippen LogP contribution in [0, 0.1) is 0 Å². The average molecular weight is 402 g/mol.